The zero-order valence-corrected chi connectivity index (χ0v) is 13.9. The summed E-state index contributed by atoms with van der Waals surface area (Å²) in [6, 6.07) is 8.08. The van der Waals surface area contributed by atoms with Crippen LogP contribution >= 0.6 is 11.8 Å². The summed E-state index contributed by atoms with van der Waals surface area (Å²) in [7, 11) is 0. The number of benzene rings is 1. The number of nitrogens with one attached hydrogen (secondary N) is 1. The van der Waals surface area contributed by atoms with E-state index in [0.717, 1.165) is 41.2 Å². The summed E-state index contributed by atoms with van der Waals surface area (Å²) in [5.74, 6) is -0.319. The quantitative estimate of drug-likeness (QED) is 0.672. The van der Waals surface area contributed by atoms with E-state index in [1.807, 2.05) is 12.1 Å². The number of hydrogen-bond donors (Lipinski definition) is 1. The first-order chi connectivity index (χ1) is 11.0. The van der Waals surface area contributed by atoms with Gasteiger partial charge in [0.25, 0.3) is 11.1 Å². The van der Waals surface area contributed by atoms with Crippen LogP contribution in [0.25, 0.3) is 17.0 Å². The Morgan fingerprint density at radius 3 is 2.78 bits per heavy atom. The lowest BCUT2D eigenvalue weighted by molar-refractivity contribution is -0.115. The smallest absolute Gasteiger partial charge is 0.290 e. The second-order valence-corrected chi connectivity index (χ2v) is 6.73. The predicted octanol–water partition coefficient (Wildman–Crippen LogP) is 4.32. The van der Waals surface area contributed by atoms with Gasteiger partial charge in [0.15, 0.2) is 0 Å². The van der Waals surface area contributed by atoms with Gasteiger partial charge in [-0.05, 0) is 55.8 Å². The van der Waals surface area contributed by atoms with Crippen LogP contribution < -0.4 is 5.32 Å². The fourth-order valence-electron chi connectivity index (χ4n) is 2.62. The highest BCUT2D eigenvalue weighted by molar-refractivity contribution is 8.18. The molecule has 4 nitrogen and oxygen atoms in total. The van der Waals surface area contributed by atoms with Crippen molar-refractivity contribution < 1.29 is 9.59 Å². The average molecular weight is 326 g/mol. The first kappa shape index (κ1) is 15.6. The molecule has 118 valence electrons. The molecule has 0 radical (unpaired) electrons. The zero-order valence-electron chi connectivity index (χ0n) is 13.1. The first-order valence-corrected chi connectivity index (χ1v) is 8.32. The molecule has 0 saturated carbocycles. The minimum Gasteiger partial charge on any atom is -0.347 e. The monoisotopic (exact) mass is 326 g/mol. The van der Waals surface area contributed by atoms with E-state index in [9.17, 15) is 9.59 Å². The summed E-state index contributed by atoms with van der Waals surface area (Å²) in [5, 5.41) is 3.06. The molecule has 1 saturated heterocycles. The van der Waals surface area contributed by atoms with Crippen molar-refractivity contribution in [2.75, 3.05) is 0 Å². The van der Waals surface area contributed by atoms with E-state index < -0.39 is 0 Å². The molecule has 0 atom stereocenters. The van der Waals surface area contributed by atoms with Crippen molar-refractivity contribution >= 4 is 39.9 Å². The largest absolute Gasteiger partial charge is 0.347 e. The Morgan fingerprint density at radius 1 is 1.26 bits per heavy atom. The van der Waals surface area contributed by atoms with Crippen LogP contribution in [0.3, 0.4) is 0 Å². The van der Waals surface area contributed by atoms with E-state index in [2.05, 4.69) is 48.1 Å². The standard InChI is InChI=1S/C18H18N2O2S/c1-12(2)5-4-9-20-10-8-14-13(6-3-7-15(14)20)11-16-17(21)19-18(22)23-16/h3,5-8,10-11H,4,9H2,1-2H3,(H,19,21,22). The number of carbonyl (C=O) groups excluding carboxylic acids is 2. The van der Waals surface area contributed by atoms with E-state index in [1.54, 1.807) is 6.08 Å². The van der Waals surface area contributed by atoms with Gasteiger partial charge in [-0.1, -0.05) is 23.8 Å². The Bertz CT molecular complexity index is 842. The van der Waals surface area contributed by atoms with E-state index in [-0.39, 0.29) is 11.1 Å². The minimum absolute atomic E-state index is 0.312. The number of amides is 2. The van der Waals surface area contributed by atoms with E-state index in [0.29, 0.717) is 4.91 Å². The van der Waals surface area contributed by atoms with Gasteiger partial charge < -0.3 is 4.57 Å². The number of aromatic nitrogens is 1. The van der Waals surface area contributed by atoms with Crippen molar-refractivity contribution in [2.45, 2.75) is 26.8 Å². The normalized spacial score (nSPS) is 16.2. The molecule has 1 aromatic carbocycles. The third-order valence-electron chi connectivity index (χ3n) is 3.70. The molecule has 0 spiro atoms. The van der Waals surface area contributed by atoms with Gasteiger partial charge in [-0.15, -0.1) is 0 Å². The number of thioether (sulfide) groups is 1. The molecule has 0 unspecified atom stereocenters. The molecule has 2 amide bonds. The predicted molar refractivity (Wildman–Crippen MR) is 95.1 cm³/mol. The highest BCUT2D eigenvalue weighted by Gasteiger charge is 2.25. The van der Waals surface area contributed by atoms with Crippen molar-refractivity contribution in [3.05, 3.63) is 52.6 Å². The van der Waals surface area contributed by atoms with Crippen LogP contribution in [0, 0.1) is 0 Å². The molecular formula is C18H18N2O2S. The van der Waals surface area contributed by atoms with Gasteiger partial charge >= 0.3 is 0 Å². The molecule has 1 fully saturated rings. The maximum absolute atomic E-state index is 11.7. The minimum atomic E-state index is -0.319. The number of nitrogens with zero attached hydrogens (tertiary/aromatic N) is 1. The molecule has 5 heteroatoms. The Morgan fingerprint density at radius 2 is 2.09 bits per heavy atom. The van der Waals surface area contributed by atoms with Crippen LogP contribution in [-0.2, 0) is 11.3 Å². The van der Waals surface area contributed by atoms with Crippen LogP contribution in [0.15, 0.2) is 47.0 Å². The second kappa shape index (κ2) is 6.46. The maximum Gasteiger partial charge on any atom is 0.290 e. The summed E-state index contributed by atoms with van der Waals surface area (Å²) in [4.78, 5) is 23.4. The summed E-state index contributed by atoms with van der Waals surface area (Å²) in [6.45, 7) is 5.12. The van der Waals surface area contributed by atoms with Crippen molar-refractivity contribution in [2.24, 2.45) is 0 Å². The third kappa shape index (κ3) is 3.40. The first-order valence-electron chi connectivity index (χ1n) is 7.50. The zero-order chi connectivity index (χ0) is 16.4. The Labute approximate surface area is 139 Å². The van der Waals surface area contributed by atoms with Gasteiger partial charge in [0, 0.05) is 23.6 Å². The van der Waals surface area contributed by atoms with Crippen molar-refractivity contribution in [3.63, 3.8) is 0 Å². The topological polar surface area (TPSA) is 51.1 Å². The molecule has 1 N–H and O–H groups in total. The summed E-state index contributed by atoms with van der Waals surface area (Å²) in [6.07, 6.45) is 7.07. The SMILES string of the molecule is CC(C)=CCCn1ccc2c(C=C3SC(=O)NC3=O)cccc21. The van der Waals surface area contributed by atoms with Crippen LogP contribution in [0.4, 0.5) is 4.79 Å². The fourth-order valence-corrected chi connectivity index (χ4v) is 3.30. The molecule has 23 heavy (non-hydrogen) atoms. The third-order valence-corrected chi connectivity index (χ3v) is 4.51. The van der Waals surface area contributed by atoms with Crippen LogP contribution in [0.5, 0.6) is 0 Å². The van der Waals surface area contributed by atoms with Crippen molar-refractivity contribution in [3.8, 4) is 0 Å². The molecular weight excluding hydrogens is 308 g/mol. The number of carbonyl (C=O) groups is 2. The lowest BCUT2D eigenvalue weighted by Crippen LogP contribution is -2.17. The van der Waals surface area contributed by atoms with E-state index >= 15 is 0 Å². The van der Waals surface area contributed by atoms with Crippen molar-refractivity contribution in [1.82, 2.24) is 9.88 Å². The molecule has 1 aliphatic heterocycles. The Kier molecular flexibility index (Phi) is 4.39. The van der Waals surface area contributed by atoms with Crippen LogP contribution in [0.1, 0.15) is 25.8 Å². The lowest BCUT2D eigenvalue weighted by Gasteiger charge is -2.05. The molecule has 0 bridgehead atoms. The molecule has 2 heterocycles. The molecule has 1 aliphatic rings. The Hall–Kier alpha value is -2.27. The molecule has 1 aromatic heterocycles. The van der Waals surface area contributed by atoms with Crippen molar-refractivity contribution in [1.29, 1.82) is 0 Å². The number of allylic oxidation sites excluding steroid dienone is 2. The number of fused-ring (bicyclic) bond motifs is 1. The lowest BCUT2D eigenvalue weighted by atomic mass is 10.1. The number of hydrogen-bond acceptors (Lipinski definition) is 3. The molecule has 0 aliphatic carbocycles. The molecule has 3 rings (SSSR count). The fraction of sp³-hybridized carbons (Fsp3) is 0.222. The number of imide groups is 1. The number of aryl methyl sites for hydroxylation is 1. The van der Waals surface area contributed by atoms with Gasteiger partial charge in [0.1, 0.15) is 0 Å². The summed E-state index contributed by atoms with van der Waals surface area (Å²) in [5.41, 5.74) is 3.41. The van der Waals surface area contributed by atoms with Gasteiger partial charge in [0.2, 0.25) is 0 Å². The van der Waals surface area contributed by atoms with Gasteiger partial charge in [-0.2, -0.15) is 0 Å². The van der Waals surface area contributed by atoms with E-state index in [1.165, 1.54) is 5.57 Å². The van der Waals surface area contributed by atoms with Gasteiger partial charge in [-0.25, -0.2) is 0 Å². The second-order valence-electron chi connectivity index (χ2n) is 5.71. The summed E-state index contributed by atoms with van der Waals surface area (Å²) >= 11 is 0.948. The number of rotatable bonds is 4. The maximum atomic E-state index is 11.7. The van der Waals surface area contributed by atoms with E-state index in [4.69, 9.17) is 0 Å². The molecule has 2 aromatic rings. The Balaban J connectivity index is 1.93. The van der Waals surface area contributed by atoms with Crippen LogP contribution in [0.2, 0.25) is 0 Å². The average Bonchev–Trinajstić information content (AvgIpc) is 3.03. The van der Waals surface area contributed by atoms with Gasteiger partial charge in [-0.3, -0.25) is 14.9 Å². The highest BCUT2D eigenvalue weighted by atomic mass is 32.2. The van der Waals surface area contributed by atoms with Crippen LogP contribution in [-0.4, -0.2) is 15.7 Å². The summed E-state index contributed by atoms with van der Waals surface area (Å²) < 4.78 is 2.21. The highest BCUT2D eigenvalue weighted by Crippen LogP contribution is 2.29. The van der Waals surface area contributed by atoms with Gasteiger partial charge in [0.05, 0.1) is 4.91 Å².